The van der Waals surface area contributed by atoms with Crippen LogP contribution in [-0.4, -0.2) is 43.1 Å². The molecule has 0 unspecified atom stereocenters. The Bertz CT molecular complexity index is 1170. The smallest absolute Gasteiger partial charge is 0.244 e. The number of rotatable bonds is 6. The number of hydrogen-bond donors (Lipinski definition) is 1. The molecule has 1 aliphatic heterocycles. The van der Waals surface area contributed by atoms with E-state index in [4.69, 9.17) is 9.47 Å². The van der Waals surface area contributed by atoms with E-state index in [0.717, 1.165) is 11.1 Å². The molecular weight excluding hydrogens is 416 g/mol. The molecule has 3 aromatic rings. The van der Waals surface area contributed by atoms with Crippen LogP contribution in [0.2, 0.25) is 0 Å². The maximum Gasteiger partial charge on any atom is 0.244 e. The van der Waals surface area contributed by atoms with Crippen LogP contribution in [0.3, 0.4) is 0 Å². The normalized spacial score (nSPS) is 20.1. The van der Waals surface area contributed by atoms with Crippen LogP contribution < -0.4 is 9.47 Å². The number of sulfonamides is 1. The number of benzene rings is 2. The molecule has 0 saturated carbocycles. The first kappa shape index (κ1) is 21.3. The number of methoxy groups -OCH3 is 2. The summed E-state index contributed by atoms with van der Waals surface area (Å²) in [6.45, 7) is 0.118. The molecule has 2 aromatic carbocycles. The molecule has 2 atom stereocenters. The topological polar surface area (TPSA) is 89.0 Å². The molecule has 0 bridgehead atoms. The Morgan fingerprint density at radius 2 is 1.74 bits per heavy atom. The van der Waals surface area contributed by atoms with E-state index in [-0.39, 0.29) is 17.9 Å². The van der Waals surface area contributed by atoms with Gasteiger partial charge in [0.05, 0.1) is 31.3 Å². The first-order valence-electron chi connectivity index (χ1n) is 9.85. The minimum absolute atomic E-state index is 0.118. The number of nitrogens with zero attached hydrogens (tertiary/aromatic N) is 2. The first-order valence-corrected chi connectivity index (χ1v) is 11.3. The van der Waals surface area contributed by atoms with Crippen molar-refractivity contribution in [3.8, 4) is 11.5 Å². The van der Waals surface area contributed by atoms with Crippen molar-refractivity contribution in [3.05, 3.63) is 83.7 Å². The van der Waals surface area contributed by atoms with Gasteiger partial charge in [0.2, 0.25) is 10.0 Å². The third kappa shape index (κ3) is 3.89. The zero-order valence-electron chi connectivity index (χ0n) is 17.3. The summed E-state index contributed by atoms with van der Waals surface area (Å²) >= 11 is 0. The lowest BCUT2D eigenvalue weighted by molar-refractivity contribution is 0.0765. The largest absolute Gasteiger partial charge is 0.493 e. The second-order valence-electron chi connectivity index (χ2n) is 7.31. The van der Waals surface area contributed by atoms with Crippen molar-refractivity contribution in [3.63, 3.8) is 0 Å². The third-order valence-corrected chi connectivity index (χ3v) is 7.50. The molecule has 2 heterocycles. The maximum absolute atomic E-state index is 13.6. The molecule has 4 rings (SSSR count). The highest BCUT2D eigenvalue weighted by Crippen LogP contribution is 2.41. The fraction of sp³-hybridized carbons (Fsp3) is 0.261. The molecule has 1 aromatic heterocycles. The van der Waals surface area contributed by atoms with Gasteiger partial charge in [-0.05, 0) is 41.8 Å². The molecule has 162 valence electrons. The lowest BCUT2D eigenvalue weighted by Gasteiger charge is -2.39. The number of ether oxygens (including phenoxy) is 2. The molecule has 31 heavy (non-hydrogen) atoms. The molecule has 0 radical (unpaired) electrons. The van der Waals surface area contributed by atoms with Gasteiger partial charge in [-0.1, -0.05) is 30.3 Å². The second-order valence-corrected chi connectivity index (χ2v) is 9.17. The Hall–Kier alpha value is -2.94. The molecule has 0 saturated heterocycles. The molecule has 0 fully saturated rings. The average Bonchev–Trinajstić information content (AvgIpc) is 2.80. The monoisotopic (exact) mass is 440 g/mol. The van der Waals surface area contributed by atoms with Crippen LogP contribution in [0.15, 0.2) is 71.9 Å². The summed E-state index contributed by atoms with van der Waals surface area (Å²) in [6.07, 6.45) is 2.49. The lowest BCUT2D eigenvalue weighted by Crippen LogP contribution is -2.48. The Morgan fingerprint density at radius 3 is 2.45 bits per heavy atom. The fourth-order valence-corrected chi connectivity index (χ4v) is 5.91. The molecule has 1 N–H and O–H groups in total. The highest BCUT2D eigenvalue weighted by Gasteiger charge is 2.43. The van der Waals surface area contributed by atoms with Gasteiger partial charge in [0.1, 0.15) is 0 Å². The van der Waals surface area contributed by atoms with E-state index in [0.29, 0.717) is 17.1 Å². The Labute approximate surface area is 181 Å². The van der Waals surface area contributed by atoms with E-state index in [1.165, 1.54) is 10.4 Å². The van der Waals surface area contributed by atoms with Crippen molar-refractivity contribution in [2.75, 3.05) is 14.2 Å². The van der Waals surface area contributed by atoms with Gasteiger partial charge in [0, 0.05) is 24.5 Å². The van der Waals surface area contributed by atoms with E-state index >= 15 is 0 Å². The summed E-state index contributed by atoms with van der Waals surface area (Å²) in [5.41, 5.74) is 1.94. The Morgan fingerprint density at radius 1 is 1.00 bits per heavy atom. The van der Waals surface area contributed by atoms with Gasteiger partial charge in [-0.2, -0.15) is 4.31 Å². The van der Waals surface area contributed by atoms with Gasteiger partial charge >= 0.3 is 0 Å². The highest BCUT2D eigenvalue weighted by atomic mass is 32.2. The van der Waals surface area contributed by atoms with Crippen LogP contribution in [0.25, 0.3) is 0 Å². The minimum Gasteiger partial charge on any atom is -0.493 e. The minimum atomic E-state index is -3.84. The van der Waals surface area contributed by atoms with Crippen molar-refractivity contribution in [1.82, 2.24) is 9.29 Å². The van der Waals surface area contributed by atoms with Crippen LogP contribution in [0.5, 0.6) is 11.5 Å². The zero-order valence-corrected chi connectivity index (χ0v) is 18.1. The van der Waals surface area contributed by atoms with Crippen molar-refractivity contribution in [1.29, 1.82) is 0 Å². The summed E-state index contributed by atoms with van der Waals surface area (Å²) in [7, 11) is -0.747. The van der Waals surface area contributed by atoms with E-state index in [2.05, 4.69) is 4.98 Å². The predicted octanol–water partition coefficient (Wildman–Crippen LogP) is 2.95. The third-order valence-electron chi connectivity index (χ3n) is 5.56. The highest BCUT2D eigenvalue weighted by molar-refractivity contribution is 7.89. The average molecular weight is 441 g/mol. The van der Waals surface area contributed by atoms with Crippen molar-refractivity contribution in [2.45, 2.75) is 30.0 Å². The summed E-state index contributed by atoms with van der Waals surface area (Å²) in [5.74, 6) is 1.08. The lowest BCUT2D eigenvalue weighted by atomic mass is 9.94. The van der Waals surface area contributed by atoms with Crippen molar-refractivity contribution >= 4 is 10.0 Å². The van der Waals surface area contributed by atoms with Gasteiger partial charge in [-0.25, -0.2) is 8.42 Å². The molecule has 1 aliphatic rings. The molecule has 0 spiro atoms. The summed E-state index contributed by atoms with van der Waals surface area (Å²) in [5, 5.41) is 11.3. The van der Waals surface area contributed by atoms with Crippen LogP contribution in [0.1, 0.15) is 22.8 Å². The quantitative estimate of drug-likeness (QED) is 0.634. The van der Waals surface area contributed by atoms with Crippen LogP contribution in [0.4, 0.5) is 0 Å². The van der Waals surface area contributed by atoms with Gasteiger partial charge in [0.25, 0.3) is 0 Å². The van der Waals surface area contributed by atoms with Crippen molar-refractivity contribution in [2.24, 2.45) is 0 Å². The molecule has 7 nitrogen and oxygen atoms in total. The number of aromatic nitrogens is 1. The van der Waals surface area contributed by atoms with Gasteiger partial charge in [-0.3, -0.25) is 4.98 Å². The standard InChI is InChI=1S/C23H24N2O5S/c1-29-20-8-5-6-17(23(20)30-2)14-19-22(26)18-7-3-4-9-21(18)31(27,28)25(19)15-16-10-12-24-13-11-16/h3-13,19,22,26H,14-15H2,1-2H3/t19-,22+/m1/s1. The maximum atomic E-state index is 13.6. The molecule has 0 amide bonds. The SMILES string of the molecule is COc1cccc(C[C@@H]2[C@@H](O)c3ccccc3S(=O)(=O)N2Cc2ccncc2)c1OC. The first-order chi connectivity index (χ1) is 15.0. The number of aliphatic hydroxyl groups excluding tert-OH is 1. The molecule has 0 aliphatic carbocycles. The number of hydrogen-bond acceptors (Lipinski definition) is 6. The predicted molar refractivity (Wildman–Crippen MR) is 115 cm³/mol. The summed E-state index contributed by atoms with van der Waals surface area (Å²) < 4.78 is 39.4. The molecular formula is C23H24N2O5S. The summed E-state index contributed by atoms with van der Waals surface area (Å²) in [4.78, 5) is 4.14. The van der Waals surface area contributed by atoms with Crippen LogP contribution in [0, 0.1) is 0 Å². The number of aliphatic hydroxyl groups is 1. The Kier molecular flexibility index (Phi) is 5.95. The van der Waals surface area contributed by atoms with E-state index in [1.807, 2.05) is 12.1 Å². The van der Waals surface area contributed by atoms with Gasteiger partial charge in [-0.15, -0.1) is 0 Å². The van der Waals surface area contributed by atoms with Gasteiger partial charge in [0.15, 0.2) is 11.5 Å². The number of fused-ring (bicyclic) bond motifs is 1. The van der Waals surface area contributed by atoms with Gasteiger partial charge < -0.3 is 14.6 Å². The van der Waals surface area contributed by atoms with Crippen molar-refractivity contribution < 1.29 is 23.0 Å². The van der Waals surface area contributed by atoms with Crippen LogP contribution >= 0.6 is 0 Å². The Balaban J connectivity index is 1.82. The van der Waals surface area contributed by atoms with Crippen LogP contribution in [-0.2, 0) is 23.0 Å². The zero-order chi connectivity index (χ0) is 22.0. The van der Waals surface area contributed by atoms with E-state index in [9.17, 15) is 13.5 Å². The van der Waals surface area contributed by atoms with E-state index in [1.54, 1.807) is 63.0 Å². The number of pyridine rings is 1. The fourth-order valence-electron chi connectivity index (χ4n) is 4.05. The molecule has 8 heteroatoms. The number of para-hydroxylation sites is 1. The van der Waals surface area contributed by atoms with E-state index < -0.39 is 22.2 Å². The summed E-state index contributed by atoms with van der Waals surface area (Å²) in [6, 6.07) is 14.9. The second kappa shape index (κ2) is 8.66.